The molecule has 0 atom stereocenters. The van der Waals surface area contributed by atoms with Crippen LogP contribution in [0.3, 0.4) is 0 Å². The van der Waals surface area contributed by atoms with E-state index < -0.39 is 17.5 Å². The summed E-state index contributed by atoms with van der Waals surface area (Å²) in [4.78, 5) is 42.6. The first-order valence-corrected chi connectivity index (χ1v) is 12.4. The predicted octanol–water partition coefficient (Wildman–Crippen LogP) is 4.32. The molecule has 0 saturated heterocycles. The molecule has 0 unspecified atom stereocenters. The van der Waals surface area contributed by atoms with Gasteiger partial charge in [-0.15, -0.1) is 0 Å². The Labute approximate surface area is 224 Å². The summed E-state index contributed by atoms with van der Waals surface area (Å²) >= 11 is 0. The molecule has 0 saturated carbocycles. The smallest absolute Gasteiger partial charge is 0.242 e. The Morgan fingerprint density at radius 1 is 0.821 bits per heavy atom. The molecule has 1 heterocycles. The molecule has 1 aromatic heterocycles. The number of fused-ring (bicyclic) bond motifs is 1. The Hall–Kier alpha value is -4.37. The maximum Gasteiger partial charge on any atom is 0.242 e. The van der Waals surface area contributed by atoms with Crippen LogP contribution >= 0.6 is 0 Å². The van der Waals surface area contributed by atoms with Crippen LogP contribution in [0.15, 0.2) is 88.3 Å². The number of methoxy groups -OCH3 is 1. The van der Waals surface area contributed by atoms with Gasteiger partial charge in [-0.05, 0) is 47.5 Å². The second-order valence-electron chi connectivity index (χ2n) is 9.07. The summed E-state index contributed by atoms with van der Waals surface area (Å²) in [5.74, 6) is -1.58. The summed E-state index contributed by atoms with van der Waals surface area (Å²) in [5, 5.41) is 0.389. The van der Waals surface area contributed by atoms with Gasteiger partial charge in [-0.2, -0.15) is 0 Å². The predicted molar refractivity (Wildman–Crippen MR) is 142 cm³/mol. The number of nitrogens with zero attached hydrogens (tertiary/aromatic N) is 2. The van der Waals surface area contributed by atoms with Crippen LogP contribution in [0.5, 0.6) is 0 Å². The van der Waals surface area contributed by atoms with Crippen molar-refractivity contribution in [2.24, 2.45) is 0 Å². The minimum Gasteiger partial charge on any atom is -0.464 e. The highest BCUT2D eigenvalue weighted by Gasteiger charge is 2.23. The van der Waals surface area contributed by atoms with Gasteiger partial charge in [-0.25, -0.2) is 8.78 Å². The number of carbonyl (C=O) groups is 2. The second kappa shape index (κ2) is 12.9. The Kier molecular flexibility index (Phi) is 9.17. The van der Waals surface area contributed by atoms with Crippen molar-refractivity contribution < 1.29 is 27.5 Å². The number of ether oxygens (including phenoxy) is 1. The zero-order valence-corrected chi connectivity index (χ0v) is 21.4. The van der Waals surface area contributed by atoms with Gasteiger partial charge in [0.1, 0.15) is 17.2 Å². The molecular formula is C30H28F2N2O5. The monoisotopic (exact) mass is 534 g/mol. The van der Waals surface area contributed by atoms with Gasteiger partial charge in [0, 0.05) is 20.2 Å². The van der Waals surface area contributed by atoms with Gasteiger partial charge in [0.15, 0.2) is 5.43 Å². The molecule has 39 heavy (non-hydrogen) atoms. The molecule has 0 radical (unpaired) electrons. The highest BCUT2D eigenvalue weighted by atomic mass is 19.1. The van der Waals surface area contributed by atoms with Crippen molar-refractivity contribution in [3.63, 3.8) is 0 Å². The van der Waals surface area contributed by atoms with E-state index in [1.165, 1.54) is 59.6 Å². The van der Waals surface area contributed by atoms with E-state index in [0.29, 0.717) is 22.1 Å². The number of halogens is 2. The van der Waals surface area contributed by atoms with E-state index >= 15 is 0 Å². The maximum atomic E-state index is 13.6. The SMILES string of the molecule is COCCN(CC(=O)N(Cc1ccc(F)cc1)Cc1coc2ccccc2c1=O)C(=O)Cc1ccc(F)cc1. The fraction of sp³-hybridized carbons (Fsp3) is 0.233. The summed E-state index contributed by atoms with van der Waals surface area (Å²) in [6.07, 6.45) is 1.31. The van der Waals surface area contributed by atoms with Gasteiger partial charge in [0.2, 0.25) is 11.8 Å². The Morgan fingerprint density at radius 2 is 1.46 bits per heavy atom. The fourth-order valence-electron chi connectivity index (χ4n) is 4.12. The normalized spacial score (nSPS) is 10.9. The van der Waals surface area contributed by atoms with Crippen LogP contribution in [0.4, 0.5) is 8.78 Å². The van der Waals surface area contributed by atoms with Gasteiger partial charge in [-0.1, -0.05) is 36.4 Å². The molecule has 0 aliphatic heterocycles. The maximum absolute atomic E-state index is 13.6. The minimum atomic E-state index is -0.421. The molecule has 9 heteroatoms. The van der Waals surface area contributed by atoms with Gasteiger partial charge >= 0.3 is 0 Å². The van der Waals surface area contributed by atoms with Gasteiger partial charge in [-0.3, -0.25) is 14.4 Å². The average molecular weight is 535 g/mol. The van der Waals surface area contributed by atoms with Gasteiger partial charge < -0.3 is 19.0 Å². The molecule has 4 aromatic rings. The largest absolute Gasteiger partial charge is 0.464 e. The van der Waals surface area contributed by atoms with Crippen molar-refractivity contribution in [3.8, 4) is 0 Å². The van der Waals surface area contributed by atoms with E-state index in [0.717, 1.165) is 0 Å². The van der Waals surface area contributed by atoms with Crippen molar-refractivity contribution in [3.05, 3.63) is 118 Å². The van der Waals surface area contributed by atoms with E-state index in [1.54, 1.807) is 36.4 Å². The van der Waals surface area contributed by atoms with E-state index in [9.17, 15) is 23.2 Å². The van der Waals surface area contributed by atoms with Crippen LogP contribution in [0.25, 0.3) is 11.0 Å². The molecule has 0 N–H and O–H groups in total. The molecule has 4 rings (SSSR count). The van der Waals surface area contributed by atoms with E-state index in [1.807, 2.05) is 0 Å². The highest BCUT2D eigenvalue weighted by Crippen LogP contribution is 2.15. The Bertz CT molecular complexity index is 1490. The van der Waals surface area contributed by atoms with Crippen molar-refractivity contribution in [2.45, 2.75) is 19.5 Å². The molecule has 0 bridgehead atoms. The third-order valence-corrected chi connectivity index (χ3v) is 6.26. The first-order chi connectivity index (χ1) is 18.8. The summed E-state index contributed by atoms with van der Waals surface area (Å²) in [6.45, 7) is 0.0895. The van der Waals surface area contributed by atoms with Crippen LogP contribution in [0.1, 0.15) is 16.7 Å². The number of hydrogen-bond acceptors (Lipinski definition) is 5. The standard InChI is InChI=1S/C30H28F2N2O5/c1-38-15-14-33(28(35)16-21-6-10-24(31)11-7-21)19-29(36)34(17-22-8-12-25(32)13-9-22)18-23-20-39-27-5-3-2-4-26(27)30(23)37/h2-13,20H,14-19H2,1H3. The molecule has 7 nitrogen and oxygen atoms in total. The summed E-state index contributed by atoms with van der Waals surface area (Å²) in [7, 11) is 1.49. The van der Waals surface area contributed by atoms with E-state index in [-0.39, 0.29) is 56.1 Å². The molecule has 0 aliphatic rings. The molecule has 3 aromatic carbocycles. The molecule has 202 valence electrons. The summed E-state index contributed by atoms with van der Waals surface area (Å²) in [5.41, 5.74) is 1.69. The number of para-hydroxylation sites is 1. The van der Waals surface area contributed by atoms with Crippen molar-refractivity contribution in [1.29, 1.82) is 0 Å². The van der Waals surface area contributed by atoms with Crippen LogP contribution in [0.2, 0.25) is 0 Å². The number of amides is 2. The van der Waals surface area contributed by atoms with Gasteiger partial charge in [0.05, 0.1) is 43.3 Å². The molecule has 0 fully saturated rings. The van der Waals surface area contributed by atoms with Gasteiger partial charge in [0.25, 0.3) is 0 Å². The summed E-state index contributed by atoms with van der Waals surface area (Å²) < 4.78 is 37.5. The van der Waals surface area contributed by atoms with Crippen molar-refractivity contribution in [1.82, 2.24) is 9.80 Å². The van der Waals surface area contributed by atoms with Crippen LogP contribution in [-0.4, -0.2) is 48.4 Å². The van der Waals surface area contributed by atoms with E-state index in [2.05, 4.69) is 0 Å². The average Bonchev–Trinajstić information content (AvgIpc) is 2.94. The molecular weight excluding hydrogens is 506 g/mol. The quantitative estimate of drug-likeness (QED) is 0.286. The zero-order valence-electron chi connectivity index (χ0n) is 21.4. The zero-order chi connectivity index (χ0) is 27.8. The first-order valence-electron chi connectivity index (χ1n) is 12.4. The first kappa shape index (κ1) is 27.7. The number of rotatable bonds is 11. The number of carbonyl (C=O) groups excluding carboxylic acids is 2. The minimum absolute atomic E-state index is 0.0243. The molecule has 0 aliphatic carbocycles. The lowest BCUT2D eigenvalue weighted by molar-refractivity contribution is -0.141. The number of benzene rings is 3. The highest BCUT2D eigenvalue weighted by molar-refractivity contribution is 5.86. The lowest BCUT2D eigenvalue weighted by Crippen LogP contribution is -2.44. The van der Waals surface area contributed by atoms with Crippen LogP contribution in [0, 0.1) is 11.6 Å². The second-order valence-corrected chi connectivity index (χ2v) is 9.07. The van der Waals surface area contributed by atoms with Crippen molar-refractivity contribution >= 4 is 22.8 Å². The molecule has 0 spiro atoms. The molecule has 2 amide bonds. The Morgan fingerprint density at radius 3 is 2.13 bits per heavy atom. The lowest BCUT2D eigenvalue weighted by atomic mass is 10.1. The Balaban J connectivity index is 1.58. The third-order valence-electron chi connectivity index (χ3n) is 6.26. The van der Waals surface area contributed by atoms with Crippen LogP contribution < -0.4 is 5.43 Å². The number of hydrogen-bond donors (Lipinski definition) is 0. The topological polar surface area (TPSA) is 80.1 Å². The third kappa shape index (κ3) is 7.36. The van der Waals surface area contributed by atoms with E-state index in [4.69, 9.17) is 9.15 Å². The summed E-state index contributed by atoms with van der Waals surface area (Å²) in [6, 6.07) is 18.1. The van der Waals surface area contributed by atoms with Crippen molar-refractivity contribution in [2.75, 3.05) is 26.8 Å². The van der Waals surface area contributed by atoms with Crippen LogP contribution in [-0.2, 0) is 33.8 Å². The lowest BCUT2D eigenvalue weighted by Gasteiger charge is -2.28. The fourth-order valence-corrected chi connectivity index (χ4v) is 4.12.